The molecule has 1 rings (SSSR count). The van der Waals surface area contributed by atoms with Crippen molar-refractivity contribution in [2.75, 3.05) is 0 Å². The van der Waals surface area contributed by atoms with Crippen LogP contribution in [0, 0.1) is 6.07 Å². The van der Waals surface area contributed by atoms with Gasteiger partial charge in [0, 0.05) is 21.7 Å². The first kappa shape index (κ1) is 30.5. The molecule has 1 aromatic rings. The number of benzene rings is 1. The third kappa shape index (κ3) is 23.8. The first-order valence-electron chi connectivity index (χ1n) is 9.66. The Bertz CT molecular complexity index is 361. The Labute approximate surface area is 177 Å². The second-order valence-corrected chi connectivity index (χ2v) is 7.12. The fourth-order valence-electron chi connectivity index (χ4n) is 2.14. The fraction of sp³-hybridized carbons (Fsp3) is 0.727. The molecule has 0 spiro atoms. The van der Waals surface area contributed by atoms with Crippen molar-refractivity contribution in [1.29, 1.82) is 0 Å². The fourth-order valence-corrected chi connectivity index (χ4v) is 2.14. The van der Waals surface area contributed by atoms with Crippen molar-refractivity contribution in [2.45, 2.75) is 105 Å². The summed E-state index contributed by atoms with van der Waals surface area (Å²) in [5, 5.41) is 7.64. The average molecular weight is 401 g/mol. The predicted octanol–water partition coefficient (Wildman–Crippen LogP) is 6.87. The largest absolute Gasteiger partial charge is 0.376 e. The summed E-state index contributed by atoms with van der Waals surface area (Å²) in [6, 6.07) is 11.4. The Morgan fingerprint density at radius 1 is 0.885 bits per heavy atom. The third-order valence-corrected chi connectivity index (χ3v) is 3.31. The molecule has 0 bridgehead atoms. The van der Waals surface area contributed by atoms with Crippen molar-refractivity contribution >= 4 is 0 Å². The maximum Gasteiger partial charge on any atom is 0.0871 e. The number of hydrogen-bond acceptors (Lipinski definition) is 3. The van der Waals surface area contributed by atoms with Gasteiger partial charge in [0.05, 0.1) is 18.3 Å². The minimum Gasteiger partial charge on any atom is -0.376 e. The predicted molar refractivity (Wildman–Crippen MR) is 108 cm³/mol. The molecule has 0 aliphatic carbocycles. The average Bonchev–Trinajstić information content (AvgIpc) is 2.55. The molecule has 0 aliphatic rings. The van der Waals surface area contributed by atoms with Crippen LogP contribution in [0.4, 0.5) is 0 Å². The molecule has 1 N–H and O–H groups in total. The molecule has 3 nitrogen and oxygen atoms in total. The first-order chi connectivity index (χ1) is 11.7. The van der Waals surface area contributed by atoms with Gasteiger partial charge in [0.1, 0.15) is 0 Å². The molecular weight excluding hydrogens is 360 g/mol. The topological polar surface area (TPSA) is 38.7 Å². The van der Waals surface area contributed by atoms with Crippen LogP contribution < -0.4 is 0 Å². The van der Waals surface area contributed by atoms with Gasteiger partial charge < -0.3 is 4.74 Å². The summed E-state index contributed by atoms with van der Waals surface area (Å²) < 4.78 is 5.25. The zero-order valence-corrected chi connectivity index (χ0v) is 19.8. The number of unbranched alkanes of at least 4 members (excludes halogenated alkanes) is 2. The van der Waals surface area contributed by atoms with Crippen molar-refractivity contribution in [3.63, 3.8) is 0 Å². The molecule has 0 saturated carbocycles. The second-order valence-electron chi connectivity index (χ2n) is 7.12. The van der Waals surface area contributed by atoms with E-state index < -0.39 is 0 Å². The Balaban J connectivity index is -0.000000346. The van der Waals surface area contributed by atoms with E-state index in [0.29, 0.717) is 18.1 Å². The van der Waals surface area contributed by atoms with Gasteiger partial charge in [-0.25, -0.2) is 4.89 Å². The van der Waals surface area contributed by atoms with Gasteiger partial charge >= 0.3 is 0 Å². The van der Waals surface area contributed by atoms with Crippen LogP contribution in [0.3, 0.4) is 0 Å². The molecule has 1 atom stereocenters. The van der Waals surface area contributed by atoms with E-state index in [-0.39, 0.29) is 27.8 Å². The van der Waals surface area contributed by atoms with Crippen molar-refractivity contribution < 1.29 is 36.6 Å². The molecule has 0 aromatic heterocycles. The van der Waals surface area contributed by atoms with Gasteiger partial charge in [0.25, 0.3) is 0 Å². The van der Waals surface area contributed by atoms with Crippen molar-refractivity contribution in [2.24, 2.45) is 0 Å². The summed E-state index contributed by atoms with van der Waals surface area (Å²) in [6.07, 6.45) is 6.04. The van der Waals surface area contributed by atoms with E-state index in [9.17, 15) is 0 Å². The van der Waals surface area contributed by atoms with E-state index in [2.05, 4.69) is 36.9 Å². The zero-order valence-electron chi connectivity index (χ0n) is 18.2. The van der Waals surface area contributed by atoms with Crippen LogP contribution in [0.1, 0.15) is 92.6 Å². The van der Waals surface area contributed by atoms with Gasteiger partial charge in [-0.3, -0.25) is 5.26 Å². The summed E-state index contributed by atoms with van der Waals surface area (Å²) in [5.41, 5.74) is 1.45. The van der Waals surface area contributed by atoms with E-state index in [0.717, 1.165) is 0 Å². The second kappa shape index (κ2) is 21.1. The molecule has 0 aliphatic heterocycles. The summed E-state index contributed by atoms with van der Waals surface area (Å²) in [4.78, 5) is 3.75. The molecule has 1 unspecified atom stereocenters. The van der Waals surface area contributed by atoms with Crippen molar-refractivity contribution in [3.05, 3.63) is 35.9 Å². The van der Waals surface area contributed by atoms with Gasteiger partial charge in [-0.15, -0.1) is 0 Å². The Kier molecular flexibility index (Phi) is 24.8. The van der Waals surface area contributed by atoms with Gasteiger partial charge in [-0.2, -0.15) is 35.9 Å². The molecule has 0 heterocycles. The standard InChI is InChI=1S/C13H19.C6H14O.C3H8O2.Ti/c1-3-4-6-9-12(2)13-10-7-5-8-11-13;1-5(2)7-6(3)4;1-3(2)5-4;/h7-8,10-12H,3-4,6,9H2,1-2H3;5-6H,1-4H3;3-4H,1-2H3;/q-1;;;. The van der Waals surface area contributed by atoms with Crippen molar-refractivity contribution in [1.82, 2.24) is 0 Å². The number of ether oxygens (including phenoxy) is 1. The molecule has 0 saturated heterocycles. The SMILES string of the molecule is CC(C)OC(C)C.CC(C)OO.CCCCCC(C)c1cc[c-]cc1.[Ti]. The van der Waals surface area contributed by atoms with Crippen LogP contribution in [-0.4, -0.2) is 23.6 Å². The molecule has 0 fully saturated rings. The van der Waals surface area contributed by atoms with Gasteiger partial charge in [-0.1, -0.05) is 33.1 Å². The molecule has 0 amide bonds. The summed E-state index contributed by atoms with van der Waals surface area (Å²) in [5.74, 6) is 0.709. The Hall–Kier alpha value is -0.186. The summed E-state index contributed by atoms with van der Waals surface area (Å²) >= 11 is 0. The zero-order chi connectivity index (χ0) is 19.7. The minimum atomic E-state index is -0.0602. The van der Waals surface area contributed by atoms with E-state index in [4.69, 9.17) is 9.99 Å². The van der Waals surface area contributed by atoms with Crippen LogP contribution in [0.2, 0.25) is 0 Å². The van der Waals surface area contributed by atoms with Crippen LogP contribution >= 0.6 is 0 Å². The maximum atomic E-state index is 7.64. The van der Waals surface area contributed by atoms with Gasteiger partial charge in [-0.05, 0) is 53.9 Å². The molecule has 152 valence electrons. The molecule has 1 aromatic carbocycles. The molecule has 0 radical (unpaired) electrons. The van der Waals surface area contributed by atoms with Crippen LogP contribution in [0.15, 0.2) is 24.3 Å². The normalized spacial score (nSPS) is 11.2. The quantitative estimate of drug-likeness (QED) is 0.170. The smallest absolute Gasteiger partial charge is 0.0871 e. The van der Waals surface area contributed by atoms with Crippen LogP contribution in [0.5, 0.6) is 0 Å². The van der Waals surface area contributed by atoms with Crippen LogP contribution in [-0.2, 0) is 31.3 Å². The minimum absolute atomic E-state index is 0. The number of rotatable bonds is 8. The third-order valence-electron chi connectivity index (χ3n) is 3.31. The number of hydrogen-bond donors (Lipinski definition) is 1. The van der Waals surface area contributed by atoms with Crippen molar-refractivity contribution in [3.8, 4) is 0 Å². The van der Waals surface area contributed by atoms with E-state index in [1.807, 2.05) is 39.8 Å². The van der Waals surface area contributed by atoms with E-state index in [1.54, 1.807) is 13.8 Å². The van der Waals surface area contributed by atoms with Gasteiger partial charge in [0.2, 0.25) is 0 Å². The van der Waals surface area contributed by atoms with E-state index in [1.165, 1.54) is 31.2 Å². The Morgan fingerprint density at radius 3 is 1.65 bits per heavy atom. The maximum absolute atomic E-state index is 7.64. The van der Waals surface area contributed by atoms with Crippen LogP contribution in [0.25, 0.3) is 0 Å². The molecule has 4 heteroatoms. The Morgan fingerprint density at radius 2 is 1.35 bits per heavy atom. The summed E-state index contributed by atoms with van der Waals surface area (Å²) in [6.45, 7) is 16.2. The molecule has 26 heavy (non-hydrogen) atoms. The monoisotopic (exact) mass is 401 g/mol. The van der Waals surface area contributed by atoms with E-state index >= 15 is 0 Å². The molecular formula is C22H41O3Ti-. The van der Waals surface area contributed by atoms with Gasteiger partial charge in [0.15, 0.2) is 0 Å². The summed E-state index contributed by atoms with van der Waals surface area (Å²) in [7, 11) is 0. The first-order valence-corrected chi connectivity index (χ1v) is 9.66.